The van der Waals surface area contributed by atoms with E-state index >= 15 is 4.39 Å². The SMILES string of the molecule is CC1(C)O[C@@H]2C[C@H]3[C@@H]4CCC5=CC(=O)C=C[C@]5(C)[C@@]4(F)[C@@H](O)C[C@]3(C)[C@]2(C(=O)CO)O1.N#CN. The molecule has 0 aromatic rings. The highest BCUT2D eigenvalue weighted by Gasteiger charge is 2.79. The fourth-order valence-electron chi connectivity index (χ4n) is 7.93. The van der Waals surface area contributed by atoms with Crippen LogP contribution in [0.15, 0.2) is 23.8 Å². The van der Waals surface area contributed by atoms with Gasteiger partial charge in [-0.05, 0) is 64.5 Å². The lowest BCUT2D eigenvalue weighted by Crippen LogP contribution is -2.70. The number of fused-ring (bicyclic) bond motifs is 7. The number of nitrogens with zero attached hydrogens (tertiary/aromatic N) is 1. The molecule has 3 saturated carbocycles. The number of nitriles is 1. The van der Waals surface area contributed by atoms with Gasteiger partial charge in [-0.2, -0.15) is 5.26 Å². The standard InChI is InChI=1S/C24H31FO6.CH2N2/c1-20(2)30-19-10-16-15-6-5-13-9-14(27)7-8-21(13,3)23(15,25)17(28)11-22(16,4)24(19,31-20)18(29)12-26;2-1-3/h7-9,15-17,19,26,28H,5-6,10-12H2,1-4H3;2H2/t15-,16-,17-,19+,21-,22-,23-,24+;/m0./s1. The molecule has 4 aliphatic carbocycles. The Morgan fingerprint density at radius 3 is 2.59 bits per heavy atom. The molecular formula is C25H33FN2O6. The second-order valence-electron chi connectivity index (χ2n) is 11.1. The molecule has 0 radical (unpaired) electrons. The number of ketones is 2. The number of Topliss-reactive ketones (excluding diaryl/α,β-unsaturated/α-hetero) is 1. The summed E-state index contributed by atoms with van der Waals surface area (Å²) in [5, 5.41) is 28.3. The number of halogens is 1. The van der Waals surface area contributed by atoms with Gasteiger partial charge in [0.1, 0.15) is 6.61 Å². The van der Waals surface area contributed by atoms with Gasteiger partial charge < -0.3 is 25.4 Å². The normalized spacial score (nSPS) is 47.7. The first-order chi connectivity index (χ1) is 15.8. The number of aliphatic hydroxyl groups is 2. The molecule has 0 spiro atoms. The maximum absolute atomic E-state index is 17.1. The minimum Gasteiger partial charge on any atom is -0.390 e. The number of hydrogen-bond donors (Lipinski definition) is 3. The Balaban J connectivity index is 0.000000868. The van der Waals surface area contributed by atoms with Crippen LogP contribution < -0.4 is 5.73 Å². The largest absolute Gasteiger partial charge is 0.390 e. The quantitative estimate of drug-likeness (QED) is 0.405. The summed E-state index contributed by atoms with van der Waals surface area (Å²) in [5.41, 5.74) is -0.507. The highest BCUT2D eigenvalue weighted by atomic mass is 19.1. The summed E-state index contributed by atoms with van der Waals surface area (Å²) in [6.45, 7) is 6.41. The Hall–Kier alpha value is -2.12. The van der Waals surface area contributed by atoms with Crippen LogP contribution in [0.4, 0.5) is 4.39 Å². The monoisotopic (exact) mass is 476 g/mol. The number of nitrogens with two attached hydrogens (primary N) is 1. The molecular weight excluding hydrogens is 443 g/mol. The summed E-state index contributed by atoms with van der Waals surface area (Å²) < 4.78 is 29.5. The molecule has 1 heterocycles. The van der Waals surface area contributed by atoms with Gasteiger partial charge in [0.05, 0.1) is 12.2 Å². The van der Waals surface area contributed by atoms with E-state index in [1.165, 1.54) is 18.3 Å². The summed E-state index contributed by atoms with van der Waals surface area (Å²) in [7, 11) is 0. The van der Waals surface area contributed by atoms with Crippen molar-refractivity contribution in [1.29, 1.82) is 5.26 Å². The van der Waals surface area contributed by atoms with Crippen molar-refractivity contribution >= 4 is 11.6 Å². The van der Waals surface area contributed by atoms with Crippen LogP contribution >= 0.6 is 0 Å². The Morgan fingerprint density at radius 2 is 1.97 bits per heavy atom. The first kappa shape index (κ1) is 25.0. The van der Waals surface area contributed by atoms with Gasteiger partial charge in [-0.3, -0.25) is 9.59 Å². The average Bonchev–Trinajstić information content (AvgIpc) is 3.16. The Labute approximate surface area is 198 Å². The number of allylic oxidation sites excluding steroid dienone is 4. The van der Waals surface area contributed by atoms with E-state index in [1.54, 1.807) is 26.8 Å². The van der Waals surface area contributed by atoms with Gasteiger partial charge in [0.25, 0.3) is 0 Å². The third-order valence-corrected chi connectivity index (χ3v) is 9.19. The van der Waals surface area contributed by atoms with Crippen LogP contribution in [0.25, 0.3) is 0 Å². The van der Waals surface area contributed by atoms with Crippen molar-refractivity contribution in [1.82, 2.24) is 0 Å². The fourth-order valence-corrected chi connectivity index (χ4v) is 7.93. The zero-order valence-corrected chi connectivity index (χ0v) is 20.0. The molecule has 0 unspecified atom stereocenters. The molecule has 9 heteroatoms. The lowest BCUT2D eigenvalue weighted by Gasteiger charge is -2.62. The van der Waals surface area contributed by atoms with Crippen LogP contribution in [-0.2, 0) is 19.1 Å². The Kier molecular flexibility index (Phi) is 5.65. The van der Waals surface area contributed by atoms with Crippen molar-refractivity contribution in [2.24, 2.45) is 28.4 Å². The number of hydrogen-bond acceptors (Lipinski definition) is 8. The van der Waals surface area contributed by atoms with Crippen molar-refractivity contribution in [3.63, 3.8) is 0 Å². The number of aliphatic hydroxyl groups excluding tert-OH is 2. The average molecular weight is 477 g/mol. The van der Waals surface area contributed by atoms with Gasteiger partial charge >= 0.3 is 0 Å². The Morgan fingerprint density at radius 1 is 1.32 bits per heavy atom. The number of carbonyl (C=O) groups excluding carboxylic acids is 2. The van der Waals surface area contributed by atoms with Gasteiger partial charge in [0, 0.05) is 16.7 Å². The summed E-state index contributed by atoms with van der Waals surface area (Å²) in [6, 6.07) is 0. The van der Waals surface area contributed by atoms with Crippen molar-refractivity contribution in [3.05, 3.63) is 23.8 Å². The molecule has 5 rings (SSSR count). The molecule has 0 aromatic heterocycles. The first-order valence-corrected chi connectivity index (χ1v) is 11.7. The van der Waals surface area contributed by atoms with E-state index in [-0.39, 0.29) is 18.1 Å². The van der Waals surface area contributed by atoms with E-state index in [0.29, 0.717) is 19.3 Å². The molecule has 0 aromatic carbocycles. The van der Waals surface area contributed by atoms with E-state index in [2.05, 4.69) is 5.73 Å². The minimum atomic E-state index is -1.98. The van der Waals surface area contributed by atoms with Crippen LogP contribution in [0.5, 0.6) is 0 Å². The summed E-state index contributed by atoms with van der Waals surface area (Å²) in [6.07, 6.45) is 5.25. The molecule has 8 atom stereocenters. The molecule has 0 amide bonds. The minimum absolute atomic E-state index is 0.0109. The van der Waals surface area contributed by atoms with Crippen LogP contribution in [0.2, 0.25) is 0 Å². The number of ether oxygens (including phenoxy) is 2. The third kappa shape index (κ3) is 2.89. The van der Waals surface area contributed by atoms with Crippen molar-refractivity contribution in [2.45, 2.75) is 82.6 Å². The molecule has 8 nitrogen and oxygen atoms in total. The van der Waals surface area contributed by atoms with Gasteiger partial charge in [0.2, 0.25) is 0 Å². The number of rotatable bonds is 2. The molecule has 34 heavy (non-hydrogen) atoms. The predicted molar refractivity (Wildman–Crippen MR) is 118 cm³/mol. The van der Waals surface area contributed by atoms with Gasteiger partial charge in [-0.1, -0.05) is 18.6 Å². The maximum Gasteiger partial charge on any atom is 0.193 e. The van der Waals surface area contributed by atoms with E-state index < -0.39 is 58.4 Å². The van der Waals surface area contributed by atoms with Crippen LogP contribution in [0.3, 0.4) is 0 Å². The topological polar surface area (TPSA) is 143 Å². The highest BCUT2D eigenvalue weighted by molar-refractivity contribution is 6.01. The second kappa shape index (κ2) is 7.69. The molecule has 4 fully saturated rings. The van der Waals surface area contributed by atoms with Crippen molar-refractivity contribution in [3.8, 4) is 6.19 Å². The second-order valence-corrected chi connectivity index (χ2v) is 11.1. The smallest absolute Gasteiger partial charge is 0.193 e. The highest BCUT2D eigenvalue weighted by Crippen LogP contribution is 2.72. The van der Waals surface area contributed by atoms with Crippen LogP contribution in [0.1, 0.15) is 53.4 Å². The third-order valence-electron chi connectivity index (χ3n) is 9.19. The summed E-state index contributed by atoms with van der Waals surface area (Å²) in [5.74, 6) is -2.46. The van der Waals surface area contributed by atoms with Gasteiger partial charge in [0.15, 0.2) is 34.8 Å². The molecule has 0 bridgehead atoms. The van der Waals surface area contributed by atoms with Crippen molar-refractivity contribution < 1.29 is 33.7 Å². The van der Waals surface area contributed by atoms with Crippen molar-refractivity contribution in [2.75, 3.05) is 6.61 Å². The number of alkyl halides is 1. The predicted octanol–water partition coefficient (Wildman–Crippen LogP) is 1.84. The van der Waals surface area contributed by atoms with Gasteiger partial charge in [-0.25, -0.2) is 4.39 Å². The lowest BCUT2D eigenvalue weighted by molar-refractivity contribution is -0.246. The first-order valence-electron chi connectivity index (χ1n) is 11.7. The Bertz CT molecular complexity index is 1020. The van der Waals surface area contributed by atoms with E-state index in [4.69, 9.17) is 14.7 Å². The molecule has 1 aliphatic heterocycles. The van der Waals surface area contributed by atoms with Gasteiger partial charge in [-0.15, -0.1) is 0 Å². The van der Waals surface area contributed by atoms with Crippen LogP contribution in [-0.4, -0.2) is 57.7 Å². The molecule has 186 valence electrons. The lowest BCUT2D eigenvalue weighted by atomic mass is 9.44. The van der Waals surface area contributed by atoms with E-state index in [9.17, 15) is 19.8 Å². The summed E-state index contributed by atoms with van der Waals surface area (Å²) in [4.78, 5) is 25.1. The molecule has 4 N–H and O–H groups in total. The zero-order chi connectivity index (χ0) is 25.3. The fraction of sp³-hybridized carbons (Fsp3) is 0.720. The molecule has 5 aliphatic rings. The zero-order valence-electron chi connectivity index (χ0n) is 20.0. The molecule has 1 saturated heterocycles. The van der Waals surface area contributed by atoms with E-state index in [1.807, 2.05) is 6.92 Å². The van der Waals surface area contributed by atoms with E-state index in [0.717, 1.165) is 5.57 Å². The maximum atomic E-state index is 17.1. The number of carbonyl (C=O) groups is 2. The van der Waals surface area contributed by atoms with Crippen LogP contribution in [0, 0.1) is 34.1 Å². The summed E-state index contributed by atoms with van der Waals surface area (Å²) >= 11 is 0.